The third-order valence-corrected chi connectivity index (χ3v) is 2.33. The Morgan fingerprint density at radius 1 is 1.36 bits per heavy atom. The monoisotopic (exact) mass is 177 g/mol. The molecule has 68 valence electrons. The topological polar surface area (TPSA) is 12.0 Å². The van der Waals surface area contributed by atoms with Gasteiger partial charge in [-0.2, -0.15) is 0 Å². The Morgan fingerprint density at radius 3 is 2.27 bits per heavy atom. The van der Waals surface area contributed by atoms with Gasteiger partial charge < -0.3 is 5.32 Å². The van der Waals surface area contributed by atoms with E-state index in [4.69, 9.17) is 11.6 Å². The molecule has 0 spiro atoms. The van der Waals surface area contributed by atoms with E-state index in [0.717, 1.165) is 12.5 Å². The zero-order valence-corrected chi connectivity index (χ0v) is 8.83. The normalized spacial score (nSPS) is 12.5. The van der Waals surface area contributed by atoms with Crippen molar-refractivity contribution in [2.75, 3.05) is 12.4 Å². The quantitative estimate of drug-likeness (QED) is 0.637. The maximum absolute atomic E-state index is 5.75. The lowest BCUT2D eigenvalue weighted by Gasteiger charge is -2.23. The highest BCUT2D eigenvalue weighted by Crippen LogP contribution is 2.05. The average Bonchev–Trinajstić information content (AvgIpc) is 1.87. The van der Waals surface area contributed by atoms with Crippen molar-refractivity contribution < 1.29 is 0 Å². The van der Waals surface area contributed by atoms with Gasteiger partial charge in [0.1, 0.15) is 0 Å². The number of halogens is 1. The first-order chi connectivity index (χ1) is 4.98. The molecule has 0 heterocycles. The first kappa shape index (κ1) is 11.2. The first-order valence-corrected chi connectivity index (χ1v) is 4.82. The third kappa shape index (κ3) is 6.64. The molecule has 0 unspecified atom stereocenters. The Hall–Kier alpha value is 0.250. The molecule has 0 rings (SSSR count). The van der Waals surface area contributed by atoms with Gasteiger partial charge in [0.15, 0.2) is 0 Å². The number of hydrogen-bond donors (Lipinski definition) is 1. The van der Waals surface area contributed by atoms with Crippen LogP contribution in [-0.4, -0.2) is 18.0 Å². The minimum Gasteiger partial charge on any atom is -0.311 e. The van der Waals surface area contributed by atoms with Crippen LogP contribution >= 0.6 is 11.6 Å². The van der Waals surface area contributed by atoms with E-state index in [1.165, 1.54) is 6.42 Å². The lowest BCUT2D eigenvalue weighted by atomic mass is 10.1. The Labute approximate surface area is 75.5 Å². The molecule has 0 bridgehead atoms. The minimum absolute atomic E-state index is 0.0937. The molecule has 0 saturated heterocycles. The number of rotatable bonds is 5. The molecule has 0 fully saturated rings. The Bertz CT molecular complexity index is 99.7. The maximum atomic E-state index is 5.75. The SMILES string of the molecule is CC(C)CCNC(C)(C)CCl. The predicted molar refractivity (Wildman–Crippen MR) is 52.3 cm³/mol. The van der Waals surface area contributed by atoms with Crippen LogP contribution in [0, 0.1) is 5.92 Å². The molecule has 1 N–H and O–H groups in total. The van der Waals surface area contributed by atoms with Gasteiger partial charge in [-0.1, -0.05) is 13.8 Å². The van der Waals surface area contributed by atoms with Crippen molar-refractivity contribution in [2.45, 2.75) is 39.7 Å². The fourth-order valence-electron chi connectivity index (χ4n) is 0.746. The average molecular weight is 178 g/mol. The molecule has 0 aromatic carbocycles. The second-order valence-corrected chi connectivity index (χ2v) is 4.39. The van der Waals surface area contributed by atoms with Gasteiger partial charge >= 0.3 is 0 Å². The van der Waals surface area contributed by atoms with Crippen LogP contribution in [0.3, 0.4) is 0 Å². The first-order valence-electron chi connectivity index (χ1n) is 4.29. The molecule has 0 aliphatic carbocycles. The molecule has 0 aliphatic rings. The second kappa shape index (κ2) is 5.00. The summed E-state index contributed by atoms with van der Waals surface area (Å²) in [6.07, 6.45) is 1.22. The zero-order valence-electron chi connectivity index (χ0n) is 8.08. The summed E-state index contributed by atoms with van der Waals surface area (Å²) in [5.41, 5.74) is 0.0937. The lowest BCUT2D eigenvalue weighted by Crippen LogP contribution is -2.41. The summed E-state index contributed by atoms with van der Waals surface area (Å²) >= 11 is 5.75. The molecule has 0 radical (unpaired) electrons. The Balaban J connectivity index is 3.38. The predicted octanol–water partition coefficient (Wildman–Crippen LogP) is 2.64. The molecule has 0 amide bonds. The van der Waals surface area contributed by atoms with Crippen LogP contribution in [-0.2, 0) is 0 Å². The van der Waals surface area contributed by atoms with Crippen molar-refractivity contribution in [3.8, 4) is 0 Å². The van der Waals surface area contributed by atoms with Gasteiger partial charge in [-0.25, -0.2) is 0 Å². The van der Waals surface area contributed by atoms with E-state index in [1.807, 2.05) is 0 Å². The highest BCUT2D eigenvalue weighted by molar-refractivity contribution is 6.18. The van der Waals surface area contributed by atoms with Crippen LogP contribution in [0.4, 0.5) is 0 Å². The fraction of sp³-hybridized carbons (Fsp3) is 1.00. The number of hydrogen-bond acceptors (Lipinski definition) is 1. The smallest absolute Gasteiger partial charge is 0.0400 e. The number of alkyl halides is 1. The van der Waals surface area contributed by atoms with E-state index in [-0.39, 0.29) is 5.54 Å². The minimum atomic E-state index is 0.0937. The van der Waals surface area contributed by atoms with Gasteiger partial charge in [0, 0.05) is 11.4 Å². The Kier molecular flexibility index (Phi) is 5.11. The van der Waals surface area contributed by atoms with Crippen molar-refractivity contribution >= 4 is 11.6 Å². The molecule has 1 nitrogen and oxygen atoms in total. The molecule has 0 saturated carbocycles. The molecule has 0 atom stereocenters. The van der Waals surface area contributed by atoms with E-state index >= 15 is 0 Å². The van der Waals surface area contributed by atoms with Crippen molar-refractivity contribution in [3.05, 3.63) is 0 Å². The summed E-state index contributed by atoms with van der Waals surface area (Å²) in [4.78, 5) is 0. The summed E-state index contributed by atoms with van der Waals surface area (Å²) in [5, 5.41) is 3.41. The molecule has 0 aromatic rings. The standard InChI is InChI=1S/C9H20ClN/c1-8(2)5-6-11-9(3,4)7-10/h8,11H,5-7H2,1-4H3. The van der Waals surface area contributed by atoms with Gasteiger partial charge in [-0.15, -0.1) is 11.6 Å². The van der Waals surface area contributed by atoms with Crippen LogP contribution < -0.4 is 5.32 Å². The van der Waals surface area contributed by atoms with Crippen molar-refractivity contribution in [2.24, 2.45) is 5.92 Å². The fourth-order valence-corrected chi connectivity index (χ4v) is 0.841. The summed E-state index contributed by atoms with van der Waals surface area (Å²) < 4.78 is 0. The summed E-state index contributed by atoms with van der Waals surface area (Å²) in [7, 11) is 0. The summed E-state index contributed by atoms with van der Waals surface area (Å²) in [6, 6.07) is 0. The van der Waals surface area contributed by atoms with Crippen molar-refractivity contribution in [3.63, 3.8) is 0 Å². The van der Waals surface area contributed by atoms with E-state index in [0.29, 0.717) is 5.88 Å². The van der Waals surface area contributed by atoms with E-state index < -0.39 is 0 Å². The Morgan fingerprint density at radius 2 is 1.91 bits per heavy atom. The van der Waals surface area contributed by atoms with Gasteiger partial charge in [0.2, 0.25) is 0 Å². The van der Waals surface area contributed by atoms with Gasteiger partial charge in [-0.05, 0) is 32.7 Å². The molecular formula is C9H20ClN. The van der Waals surface area contributed by atoms with E-state index in [1.54, 1.807) is 0 Å². The maximum Gasteiger partial charge on any atom is 0.0400 e. The van der Waals surface area contributed by atoms with Crippen LogP contribution in [0.2, 0.25) is 0 Å². The van der Waals surface area contributed by atoms with Crippen LogP contribution in [0.25, 0.3) is 0 Å². The zero-order chi connectivity index (χ0) is 8.91. The highest BCUT2D eigenvalue weighted by atomic mass is 35.5. The summed E-state index contributed by atoms with van der Waals surface area (Å²) in [5.74, 6) is 1.44. The lowest BCUT2D eigenvalue weighted by molar-refractivity contribution is 0.406. The van der Waals surface area contributed by atoms with Crippen molar-refractivity contribution in [1.82, 2.24) is 5.32 Å². The van der Waals surface area contributed by atoms with E-state index in [9.17, 15) is 0 Å². The molecule has 11 heavy (non-hydrogen) atoms. The molecule has 0 aliphatic heterocycles. The van der Waals surface area contributed by atoms with Gasteiger partial charge in [0.05, 0.1) is 0 Å². The molecular weight excluding hydrogens is 158 g/mol. The highest BCUT2D eigenvalue weighted by Gasteiger charge is 2.14. The van der Waals surface area contributed by atoms with Gasteiger partial charge in [-0.3, -0.25) is 0 Å². The molecule has 2 heteroatoms. The van der Waals surface area contributed by atoms with Crippen molar-refractivity contribution in [1.29, 1.82) is 0 Å². The third-order valence-electron chi connectivity index (χ3n) is 1.66. The van der Waals surface area contributed by atoms with Crippen LogP contribution in [0.1, 0.15) is 34.1 Å². The van der Waals surface area contributed by atoms with E-state index in [2.05, 4.69) is 33.0 Å². The van der Waals surface area contributed by atoms with Gasteiger partial charge in [0.25, 0.3) is 0 Å². The number of nitrogens with one attached hydrogen (secondary N) is 1. The van der Waals surface area contributed by atoms with Crippen LogP contribution in [0.15, 0.2) is 0 Å². The second-order valence-electron chi connectivity index (χ2n) is 4.13. The molecule has 0 aromatic heterocycles. The van der Waals surface area contributed by atoms with Crippen LogP contribution in [0.5, 0.6) is 0 Å². The largest absolute Gasteiger partial charge is 0.311 e. The summed E-state index contributed by atoms with van der Waals surface area (Å²) in [6.45, 7) is 9.78.